The molecule has 0 N–H and O–H groups in total. The fourth-order valence-electron chi connectivity index (χ4n) is 0.934. The van der Waals surface area contributed by atoms with Crippen LogP contribution in [0.25, 0.3) is 6.08 Å². The number of para-hydroxylation sites is 1. The number of rotatable bonds is 2. The second kappa shape index (κ2) is 4.67. The van der Waals surface area contributed by atoms with Crippen molar-refractivity contribution in [3.8, 4) is 5.75 Å². The second-order valence-electron chi connectivity index (χ2n) is 2.42. The Labute approximate surface area is 81.8 Å². The summed E-state index contributed by atoms with van der Waals surface area (Å²) in [7, 11) is 0. The zero-order valence-electron chi connectivity index (χ0n) is 7.16. The summed E-state index contributed by atoms with van der Waals surface area (Å²) in [6.07, 6.45) is 1.67. The Bertz CT molecular complexity index is 331. The van der Waals surface area contributed by atoms with E-state index in [1.807, 2.05) is 12.1 Å². The fourth-order valence-corrected chi connectivity index (χ4v) is 1.07. The zero-order chi connectivity index (χ0) is 9.68. The molecule has 2 nitrogen and oxygen atoms in total. The summed E-state index contributed by atoms with van der Waals surface area (Å²) in [5, 5.41) is 0. The van der Waals surface area contributed by atoms with E-state index in [4.69, 9.17) is 16.3 Å². The molecule has 1 aromatic carbocycles. The fraction of sp³-hybridized carbons (Fsp3) is 0.100. The van der Waals surface area contributed by atoms with Crippen molar-refractivity contribution >= 4 is 23.6 Å². The van der Waals surface area contributed by atoms with Crippen molar-refractivity contribution in [3.05, 3.63) is 35.4 Å². The van der Waals surface area contributed by atoms with Crippen LogP contribution >= 0.6 is 11.6 Å². The van der Waals surface area contributed by atoms with E-state index in [1.165, 1.54) is 12.5 Å². The van der Waals surface area contributed by atoms with Crippen molar-refractivity contribution in [2.75, 3.05) is 0 Å². The van der Waals surface area contributed by atoms with Gasteiger partial charge in [0.2, 0.25) is 0 Å². The molecule has 0 fully saturated rings. The number of esters is 1. The molecule has 0 aliphatic carbocycles. The van der Waals surface area contributed by atoms with Crippen molar-refractivity contribution in [2.24, 2.45) is 0 Å². The van der Waals surface area contributed by atoms with Gasteiger partial charge in [-0.1, -0.05) is 29.8 Å². The van der Waals surface area contributed by atoms with Gasteiger partial charge in [0.25, 0.3) is 0 Å². The first-order valence-corrected chi connectivity index (χ1v) is 4.22. The van der Waals surface area contributed by atoms with Crippen LogP contribution in [0.15, 0.2) is 29.8 Å². The summed E-state index contributed by atoms with van der Waals surface area (Å²) < 4.78 is 4.95. The summed E-state index contributed by atoms with van der Waals surface area (Å²) in [6, 6.07) is 7.17. The van der Waals surface area contributed by atoms with E-state index in [0.29, 0.717) is 5.75 Å². The van der Waals surface area contributed by atoms with Crippen LogP contribution < -0.4 is 4.74 Å². The second-order valence-corrected chi connectivity index (χ2v) is 2.68. The number of carbonyl (C=O) groups excluding carboxylic acids is 1. The largest absolute Gasteiger partial charge is 0.426 e. The highest BCUT2D eigenvalue weighted by molar-refractivity contribution is 6.27. The number of halogens is 1. The average molecular weight is 197 g/mol. The molecular formula is C10H9ClO2. The molecule has 0 saturated carbocycles. The molecule has 0 aromatic heterocycles. The predicted molar refractivity (Wildman–Crippen MR) is 52.6 cm³/mol. The number of carbonyl (C=O) groups is 1. The lowest BCUT2D eigenvalue weighted by molar-refractivity contribution is -0.131. The van der Waals surface area contributed by atoms with Crippen molar-refractivity contribution in [3.63, 3.8) is 0 Å². The molecule has 0 atom stereocenters. The molecule has 13 heavy (non-hydrogen) atoms. The van der Waals surface area contributed by atoms with E-state index in [1.54, 1.807) is 18.2 Å². The Kier molecular flexibility index (Phi) is 3.53. The summed E-state index contributed by atoms with van der Waals surface area (Å²) >= 11 is 5.42. The van der Waals surface area contributed by atoms with E-state index < -0.39 is 0 Å². The molecule has 0 heterocycles. The molecule has 0 spiro atoms. The third-order valence-electron chi connectivity index (χ3n) is 1.42. The minimum atomic E-state index is -0.338. The van der Waals surface area contributed by atoms with Crippen molar-refractivity contribution in [2.45, 2.75) is 6.92 Å². The van der Waals surface area contributed by atoms with Gasteiger partial charge in [-0.25, -0.2) is 0 Å². The Hall–Kier alpha value is -1.28. The molecule has 0 radical (unpaired) electrons. The zero-order valence-corrected chi connectivity index (χ0v) is 7.91. The van der Waals surface area contributed by atoms with Crippen LogP contribution in [0.1, 0.15) is 12.5 Å². The van der Waals surface area contributed by atoms with Gasteiger partial charge >= 0.3 is 5.97 Å². The smallest absolute Gasteiger partial charge is 0.308 e. The number of benzene rings is 1. The Morgan fingerprint density at radius 1 is 1.46 bits per heavy atom. The molecule has 0 aliphatic heterocycles. The predicted octanol–water partition coefficient (Wildman–Crippen LogP) is 2.82. The van der Waals surface area contributed by atoms with Gasteiger partial charge in [-0.2, -0.15) is 0 Å². The number of hydrogen-bond acceptors (Lipinski definition) is 2. The number of ether oxygens (including phenoxy) is 1. The van der Waals surface area contributed by atoms with Crippen LogP contribution in [-0.2, 0) is 4.79 Å². The summed E-state index contributed by atoms with van der Waals surface area (Å²) in [5.74, 6) is 0.183. The summed E-state index contributed by atoms with van der Waals surface area (Å²) in [5.41, 5.74) is 2.16. The SMILES string of the molecule is CC(=O)Oc1ccccc1C=CCl. The molecule has 1 aromatic rings. The lowest BCUT2D eigenvalue weighted by atomic mass is 10.2. The molecular weight excluding hydrogens is 188 g/mol. The van der Waals surface area contributed by atoms with Crippen LogP contribution in [0.2, 0.25) is 0 Å². The monoisotopic (exact) mass is 196 g/mol. The third-order valence-corrected chi connectivity index (χ3v) is 1.54. The van der Waals surface area contributed by atoms with E-state index in [0.717, 1.165) is 5.56 Å². The molecule has 0 saturated heterocycles. The van der Waals surface area contributed by atoms with E-state index >= 15 is 0 Å². The number of hydrogen-bond donors (Lipinski definition) is 0. The van der Waals surface area contributed by atoms with Crippen LogP contribution in [0, 0.1) is 0 Å². The van der Waals surface area contributed by atoms with Gasteiger partial charge in [0.15, 0.2) is 0 Å². The highest BCUT2D eigenvalue weighted by Gasteiger charge is 2.01. The maximum Gasteiger partial charge on any atom is 0.308 e. The average Bonchev–Trinajstić information content (AvgIpc) is 2.08. The van der Waals surface area contributed by atoms with Gasteiger partial charge in [0.1, 0.15) is 5.75 Å². The topological polar surface area (TPSA) is 26.3 Å². The van der Waals surface area contributed by atoms with E-state index in [2.05, 4.69) is 0 Å². The van der Waals surface area contributed by atoms with Crippen molar-refractivity contribution in [1.82, 2.24) is 0 Å². The third kappa shape index (κ3) is 2.92. The quantitative estimate of drug-likeness (QED) is 0.537. The van der Waals surface area contributed by atoms with Crippen LogP contribution in [-0.4, -0.2) is 5.97 Å². The molecule has 3 heteroatoms. The molecule has 68 valence electrons. The lowest BCUT2D eigenvalue weighted by Crippen LogP contribution is -2.02. The normalized spacial score (nSPS) is 10.3. The molecule has 1 rings (SSSR count). The van der Waals surface area contributed by atoms with Gasteiger partial charge in [-0.3, -0.25) is 4.79 Å². The van der Waals surface area contributed by atoms with Gasteiger partial charge in [-0.15, -0.1) is 0 Å². The Balaban J connectivity index is 2.97. The highest BCUT2D eigenvalue weighted by Crippen LogP contribution is 2.19. The molecule has 0 bridgehead atoms. The minimum absolute atomic E-state index is 0.338. The van der Waals surface area contributed by atoms with Crippen molar-refractivity contribution < 1.29 is 9.53 Å². The molecule has 0 aliphatic rings. The van der Waals surface area contributed by atoms with Gasteiger partial charge < -0.3 is 4.74 Å². The summed E-state index contributed by atoms with van der Waals surface area (Å²) in [6.45, 7) is 1.36. The van der Waals surface area contributed by atoms with Crippen LogP contribution in [0.4, 0.5) is 0 Å². The Morgan fingerprint density at radius 2 is 2.15 bits per heavy atom. The van der Waals surface area contributed by atoms with E-state index in [-0.39, 0.29) is 5.97 Å². The Morgan fingerprint density at radius 3 is 2.77 bits per heavy atom. The van der Waals surface area contributed by atoms with Gasteiger partial charge in [0, 0.05) is 18.0 Å². The lowest BCUT2D eigenvalue weighted by Gasteiger charge is -2.03. The van der Waals surface area contributed by atoms with Gasteiger partial charge in [0.05, 0.1) is 0 Å². The maximum atomic E-state index is 10.7. The molecule has 0 unspecified atom stereocenters. The first kappa shape index (κ1) is 9.81. The standard InChI is InChI=1S/C10H9ClO2/c1-8(12)13-10-5-3-2-4-9(10)6-7-11/h2-7H,1H3. The minimum Gasteiger partial charge on any atom is -0.426 e. The van der Waals surface area contributed by atoms with Gasteiger partial charge in [-0.05, 0) is 12.1 Å². The first-order valence-electron chi connectivity index (χ1n) is 3.78. The summed E-state index contributed by atoms with van der Waals surface area (Å²) in [4.78, 5) is 10.7. The van der Waals surface area contributed by atoms with Crippen LogP contribution in [0.3, 0.4) is 0 Å². The van der Waals surface area contributed by atoms with E-state index in [9.17, 15) is 4.79 Å². The van der Waals surface area contributed by atoms with Crippen molar-refractivity contribution in [1.29, 1.82) is 0 Å². The highest BCUT2D eigenvalue weighted by atomic mass is 35.5. The maximum absolute atomic E-state index is 10.7. The molecule has 0 amide bonds. The first-order chi connectivity index (χ1) is 6.24. The van der Waals surface area contributed by atoms with Crippen LogP contribution in [0.5, 0.6) is 5.75 Å².